The Morgan fingerprint density at radius 2 is 1.76 bits per heavy atom. The molecule has 4 bridgehead atoms. The van der Waals surface area contributed by atoms with Gasteiger partial charge in [0, 0.05) is 37.3 Å². The van der Waals surface area contributed by atoms with Crippen LogP contribution in [0.2, 0.25) is 0 Å². The second kappa shape index (κ2) is 14.5. The summed E-state index contributed by atoms with van der Waals surface area (Å²) in [4.78, 5) is 39.5. The molecule has 11 nitrogen and oxygen atoms in total. The Morgan fingerprint density at radius 3 is 2.38 bits per heavy atom. The molecule has 0 radical (unpaired) electrons. The van der Waals surface area contributed by atoms with Crippen LogP contribution in [0, 0.1) is 5.92 Å². The third-order valence-corrected chi connectivity index (χ3v) is 8.12. The highest BCUT2D eigenvalue weighted by Crippen LogP contribution is 2.22. The lowest BCUT2D eigenvalue weighted by Gasteiger charge is -2.24. The van der Waals surface area contributed by atoms with Crippen LogP contribution in [0.15, 0.2) is 42.5 Å². The smallest absolute Gasteiger partial charge is 0.251 e. The van der Waals surface area contributed by atoms with Crippen LogP contribution in [0.5, 0.6) is 5.75 Å². The molecule has 42 heavy (non-hydrogen) atoms. The summed E-state index contributed by atoms with van der Waals surface area (Å²) in [6.45, 7) is 8.82. The van der Waals surface area contributed by atoms with Gasteiger partial charge in [-0.2, -0.15) is 0 Å². The maximum Gasteiger partial charge on any atom is 0.251 e. The number of ether oxygens (including phenoxy) is 1. The van der Waals surface area contributed by atoms with Crippen LogP contribution < -0.4 is 30.3 Å². The number of benzene rings is 2. The lowest BCUT2D eigenvalue weighted by atomic mass is 10.0. The third-order valence-electron chi connectivity index (χ3n) is 6.92. The first kappa shape index (κ1) is 32.9. The van der Waals surface area contributed by atoms with Gasteiger partial charge >= 0.3 is 0 Å². The highest BCUT2D eigenvalue weighted by molar-refractivity contribution is 7.92. The summed E-state index contributed by atoms with van der Waals surface area (Å²) in [7, 11) is -2.30. The van der Waals surface area contributed by atoms with E-state index in [1.807, 2.05) is 45.0 Å². The lowest BCUT2D eigenvalue weighted by molar-refractivity contribution is -0.123. The minimum absolute atomic E-state index is 0.105. The normalized spacial score (nSPS) is 18.5. The highest BCUT2D eigenvalue weighted by atomic mass is 32.2. The molecule has 1 aliphatic heterocycles. The highest BCUT2D eigenvalue weighted by Gasteiger charge is 2.23. The van der Waals surface area contributed by atoms with Crippen molar-refractivity contribution in [3.05, 3.63) is 59.2 Å². The van der Waals surface area contributed by atoms with Gasteiger partial charge in [0.15, 0.2) is 0 Å². The van der Waals surface area contributed by atoms with Crippen molar-refractivity contribution < 1.29 is 27.5 Å². The largest absolute Gasteiger partial charge is 0.491 e. The van der Waals surface area contributed by atoms with Crippen LogP contribution in [0.4, 0.5) is 5.69 Å². The van der Waals surface area contributed by atoms with Crippen LogP contribution in [-0.4, -0.2) is 77.3 Å². The van der Waals surface area contributed by atoms with Crippen LogP contribution in [-0.2, 0) is 21.2 Å². The van der Waals surface area contributed by atoms with Gasteiger partial charge in [0.2, 0.25) is 15.9 Å². The van der Waals surface area contributed by atoms with Crippen molar-refractivity contribution in [3.8, 4) is 5.75 Å². The second-order valence-electron chi connectivity index (χ2n) is 11.2. The molecule has 3 amide bonds. The Balaban J connectivity index is 1.98. The molecule has 230 valence electrons. The van der Waals surface area contributed by atoms with Gasteiger partial charge in [-0.25, -0.2) is 8.42 Å². The number of nitrogens with one attached hydrogen (secondary N) is 4. The molecule has 4 N–H and O–H groups in total. The Bertz CT molecular complexity index is 1380. The lowest BCUT2D eigenvalue weighted by Crippen LogP contribution is -2.50. The number of anilines is 1. The minimum atomic E-state index is -3.66. The quantitative estimate of drug-likeness (QED) is 0.344. The number of sulfonamides is 1. The Labute approximate surface area is 248 Å². The first-order valence-electron chi connectivity index (χ1n) is 14.2. The topological polar surface area (TPSA) is 146 Å². The maximum absolute atomic E-state index is 13.6. The molecule has 2 aromatic carbocycles. The van der Waals surface area contributed by atoms with Crippen molar-refractivity contribution >= 4 is 33.4 Å². The molecule has 0 aliphatic carbocycles. The number of rotatable bonds is 9. The van der Waals surface area contributed by atoms with Gasteiger partial charge in [-0.3, -0.25) is 18.7 Å². The average Bonchev–Trinajstić information content (AvgIpc) is 2.93. The van der Waals surface area contributed by atoms with E-state index in [9.17, 15) is 22.8 Å². The van der Waals surface area contributed by atoms with E-state index in [1.54, 1.807) is 6.92 Å². The summed E-state index contributed by atoms with van der Waals surface area (Å²) in [5.41, 5.74) is 1.36. The van der Waals surface area contributed by atoms with Crippen molar-refractivity contribution in [2.24, 2.45) is 5.92 Å². The molecule has 12 heteroatoms. The van der Waals surface area contributed by atoms with Crippen molar-refractivity contribution in [2.75, 3.05) is 37.3 Å². The molecule has 0 spiro atoms. The monoisotopic (exact) mass is 601 g/mol. The van der Waals surface area contributed by atoms with Gasteiger partial charge in [-0.15, -0.1) is 0 Å². The summed E-state index contributed by atoms with van der Waals surface area (Å²) >= 11 is 0. The number of hydrogen-bond donors (Lipinski definition) is 4. The predicted molar refractivity (Wildman–Crippen MR) is 163 cm³/mol. The summed E-state index contributed by atoms with van der Waals surface area (Å²) in [5.74, 6) is -0.113. The summed E-state index contributed by atoms with van der Waals surface area (Å²) in [6.07, 6.45) is 2.04. The fourth-order valence-corrected chi connectivity index (χ4v) is 4.93. The van der Waals surface area contributed by atoms with E-state index in [4.69, 9.17) is 4.74 Å². The van der Waals surface area contributed by atoms with Gasteiger partial charge < -0.3 is 26.0 Å². The molecular weight excluding hydrogens is 558 g/mol. The van der Waals surface area contributed by atoms with E-state index in [0.29, 0.717) is 31.1 Å². The van der Waals surface area contributed by atoms with E-state index >= 15 is 0 Å². The minimum Gasteiger partial charge on any atom is -0.491 e. The molecule has 2 aromatic rings. The maximum atomic E-state index is 13.6. The number of carbonyl (C=O) groups excluding carboxylic acids is 3. The molecule has 1 aliphatic rings. The molecule has 0 saturated heterocycles. The zero-order valence-electron chi connectivity index (χ0n) is 25.2. The van der Waals surface area contributed by atoms with Gasteiger partial charge in [0.1, 0.15) is 12.4 Å². The van der Waals surface area contributed by atoms with E-state index in [-0.39, 0.29) is 41.9 Å². The molecule has 0 saturated carbocycles. The molecule has 0 aromatic heterocycles. The van der Waals surface area contributed by atoms with E-state index < -0.39 is 33.9 Å². The number of nitrogens with zero attached hydrogens (tertiary/aromatic N) is 1. The average molecular weight is 602 g/mol. The van der Waals surface area contributed by atoms with Crippen LogP contribution in [0.25, 0.3) is 0 Å². The fourth-order valence-electron chi connectivity index (χ4n) is 4.44. The SMILES string of the molecule is CC[C@H](NCC1Cc2cccc(c2)OC[C@H](C)NC(=O)c2cc(cc(N(C)S(C)(=O)=O)c2)C(=O)N1)C(=O)NCC(C)C. The molecular formula is C30H43N5O6S. The second-order valence-corrected chi connectivity index (χ2v) is 13.2. The standard InChI is InChI=1S/C30H43N5O6S/c1-7-27(30(38)32-16-19(2)3)31-17-24-11-21-9-8-10-26(12-21)41-18-20(4)33-28(36)22-13-23(29(37)34-24)15-25(14-22)35(5)42(6,39)40/h8-10,12-15,19-20,24,27,31H,7,11,16-18H2,1-6H3,(H,32,38)(H,33,36)(H,34,37)/t20-,24?,27-/m0/s1. The molecule has 0 fully saturated rings. The Hall–Kier alpha value is -3.64. The summed E-state index contributed by atoms with van der Waals surface area (Å²) in [6, 6.07) is 10.6. The van der Waals surface area contributed by atoms with Gasteiger partial charge in [-0.1, -0.05) is 32.9 Å². The van der Waals surface area contributed by atoms with Crippen LogP contribution in [0.1, 0.15) is 60.4 Å². The zero-order valence-corrected chi connectivity index (χ0v) is 26.0. The Kier molecular flexibility index (Phi) is 11.3. The number of carbonyl (C=O) groups is 3. The first-order chi connectivity index (χ1) is 19.8. The third kappa shape index (κ3) is 9.45. The summed E-state index contributed by atoms with van der Waals surface area (Å²) < 4.78 is 31.6. The van der Waals surface area contributed by atoms with Crippen LogP contribution in [0.3, 0.4) is 0 Å². The zero-order chi connectivity index (χ0) is 31.0. The van der Waals surface area contributed by atoms with Gasteiger partial charge in [-0.05, 0) is 61.6 Å². The van der Waals surface area contributed by atoms with Gasteiger partial charge in [0.05, 0.1) is 24.0 Å². The molecule has 3 rings (SSSR count). The van der Waals surface area contributed by atoms with Crippen molar-refractivity contribution in [1.29, 1.82) is 0 Å². The number of fused-ring (bicyclic) bond motifs is 4. The first-order valence-corrected chi connectivity index (χ1v) is 16.0. The van der Waals surface area contributed by atoms with Crippen molar-refractivity contribution in [3.63, 3.8) is 0 Å². The molecule has 1 unspecified atom stereocenters. The van der Waals surface area contributed by atoms with E-state index in [2.05, 4.69) is 21.3 Å². The predicted octanol–water partition coefficient (Wildman–Crippen LogP) is 2.07. The summed E-state index contributed by atoms with van der Waals surface area (Å²) in [5, 5.41) is 12.1. The van der Waals surface area contributed by atoms with E-state index in [1.165, 1.54) is 25.2 Å². The molecule has 1 heterocycles. The van der Waals surface area contributed by atoms with E-state index in [0.717, 1.165) is 16.1 Å². The molecule has 3 atom stereocenters. The van der Waals surface area contributed by atoms with Crippen molar-refractivity contribution in [2.45, 2.75) is 58.7 Å². The van der Waals surface area contributed by atoms with Crippen molar-refractivity contribution in [1.82, 2.24) is 21.3 Å². The fraction of sp³-hybridized carbons (Fsp3) is 0.500. The number of amides is 3. The number of hydrogen-bond acceptors (Lipinski definition) is 7. The van der Waals surface area contributed by atoms with Crippen LogP contribution >= 0.6 is 0 Å². The van der Waals surface area contributed by atoms with Gasteiger partial charge in [0.25, 0.3) is 11.8 Å². The Morgan fingerprint density at radius 1 is 1.10 bits per heavy atom.